The number of aliphatic carboxylic acids is 1. The van der Waals surface area contributed by atoms with E-state index in [4.69, 9.17) is 14.6 Å². The van der Waals surface area contributed by atoms with Crippen molar-refractivity contribution in [3.8, 4) is 5.75 Å². The molecule has 0 aliphatic carbocycles. The maximum atomic E-state index is 14.0. The van der Waals surface area contributed by atoms with Gasteiger partial charge in [-0.25, -0.2) is 4.79 Å². The molecule has 0 radical (unpaired) electrons. The van der Waals surface area contributed by atoms with Crippen molar-refractivity contribution in [2.45, 2.75) is 44.1 Å². The number of hydrogen-bond donors (Lipinski definition) is 2. The molecular weight excluding hydrogens is 533 g/mol. The number of likely N-dealkylation sites (tertiary alicyclic amines) is 2. The number of carboxylic acids is 1. The number of benzene rings is 1. The number of carbonyl (C=O) groups is 4. The third kappa shape index (κ3) is 5.05. The van der Waals surface area contributed by atoms with E-state index >= 15 is 0 Å². The second kappa shape index (κ2) is 11.0. The first-order valence-electron chi connectivity index (χ1n) is 12.8. The molecule has 2 N–H and O–H groups in total. The number of fused-ring (bicyclic) bond motifs is 2. The Bertz CT molecular complexity index is 1290. The minimum Gasteiger partial charge on any atom is -0.497 e. The fraction of sp³-hybridized carbons (Fsp3) is 0.481. The van der Waals surface area contributed by atoms with Gasteiger partial charge in [0.05, 0.1) is 25.5 Å². The molecule has 13 heteroatoms. The molecule has 1 aromatic heterocycles. The Labute approximate surface area is 228 Å². The first kappa shape index (κ1) is 29.1. The number of halogens is 3. The molecule has 0 unspecified atom stereocenters. The maximum absolute atomic E-state index is 14.0. The van der Waals surface area contributed by atoms with Gasteiger partial charge in [0, 0.05) is 38.1 Å². The topological polar surface area (TPSA) is 121 Å². The zero-order chi connectivity index (χ0) is 29.4. The van der Waals surface area contributed by atoms with Gasteiger partial charge in [-0.1, -0.05) is 12.1 Å². The highest BCUT2D eigenvalue weighted by Crippen LogP contribution is 2.52. The van der Waals surface area contributed by atoms with E-state index in [2.05, 4.69) is 5.32 Å². The number of alkyl halides is 3. The van der Waals surface area contributed by atoms with E-state index in [1.165, 1.54) is 4.90 Å². The molecule has 4 heterocycles. The Morgan fingerprint density at radius 1 is 1.15 bits per heavy atom. The number of ether oxygens (including phenoxy) is 1. The number of rotatable bonds is 5. The van der Waals surface area contributed by atoms with Gasteiger partial charge < -0.3 is 19.3 Å². The quantitative estimate of drug-likeness (QED) is 0.536. The lowest BCUT2D eigenvalue weighted by Gasteiger charge is -2.42. The van der Waals surface area contributed by atoms with E-state index in [0.29, 0.717) is 26.1 Å². The van der Waals surface area contributed by atoms with Crippen LogP contribution in [0.2, 0.25) is 0 Å². The van der Waals surface area contributed by atoms with Crippen LogP contribution in [0.3, 0.4) is 0 Å². The predicted octanol–water partition coefficient (Wildman–Crippen LogP) is 2.49. The van der Waals surface area contributed by atoms with Gasteiger partial charge in [-0.3, -0.25) is 24.6 Å². The number of aromatic nitrogens is 1. The van der Waals surface area contributed by atoms with Gasteiger partial charge in [-0.15, -0.1) is 0 Å². The summed E-state index contributed by atoms with van der Waals surface area (Å²) in [6.45, 7) is 3.24. The van der Waals surface area contributed by atoms with Crippen LogP contribution in [0.4, 0.5) is 13.2 Å². The maximum Gasteiger partial charge on any atom is 0.490 e. The fourth-order valence-corrected chi connectivity index (χ4v) is 5.94. The summed E-state index contributed by atoms with van der Waals surface area (Å²) in [6, 6.07) is 11.1. The van der Waals surface area contributed by atoms with E-state index in [-0.39, 0.29) is 17.7 Å². The van der Waals surface area contributed by atoms with Gasteiger partial charge in [0.2, 0.25) is 17.7 Å². The zero-order valence-electron chi connectivity index (χ0n) is 22.3. The zero-order valence-corrected chi connectivity index (χ0v) is 22.3. The van der Waals surface area contributed by atoms with Gasteiger partial charge in [-0.05, 0) is 49.6 Å². The highest BCUT2D eigenvalue weighted by molar-refractivity contribution is 6.10. The van der Waals surface area contributed by atoms with Crippen molar-refractivity contribution in [2.24, 2.45) is 18.9 Å². The smallest absolute Gasteiger partial charge is 0.490 e. The van der Waals surface area contributed by atoms with E-state index in [0.717, 1.165) is 23.4 Å². The van der Waals surface area contributed by atoms with Crippen LogP contribution in [0.25, 0.3) is 0 Å². The van der Waals surface area contributed by atoms with Crippen LogP contribution in [0, 0.1) is 11.8 Å². The van der Waals surface area contributed by atoms with Crippen molar-refractivity contribution >= 4 is 23.7 Å². The molecule has 40 heavy (non-hydrogen) atoms. The molecule has 3 aliphatic heterocycles. The van der Waals surface area contributed by atoms with Crippen molar-refractivity contribution in [1.82, 2.24) is 19.7 Å². The molecule has 1 aromatic carbocycles. The van der Waals surface area contributed by atoms with Crippen LogP contribution in [0.15, 0.2) is 42.6 Å². The Kier molecular flexibility index (Phi) is 7.97. The standard InChI is InChI=1S/C25H30N4O4.C2HF3O2/c1-4-29-22(30)19-20(23(29)31)25(26-21(19)16-8-10-18(33-3)11-9-16)12-6-14-28(24(25)32)15-17-7-5-13-27(17)2;3-2(4,5)1(6)7/h5,7-11,13,19-21,26H,4,6,12,14-15H2,1-3H3;(H,6,7)/t19-,20-,21-,25-;/m1./s1. The summed E-state index contributed by atoms with van der Waals surface area (Å²) in [5, 5.41) is 10.7. The van der Waals surface area contributed by atoms with E-state index < -0.39 is 35.6 Å². The number of piperidine rings is 1. The molecule has 3 saturated heterocycles. The molecule has 0 bridgehead atoms. The summed E-state index contributed by atoms with van der Waals surface area (Å²) in [5.41, 5.74) is 0.842. The van der Waals surface area contributed by atoms with Gasteiger partial charge in [0.15, 0.2) is 0 Å². The summed E-state index contributed by atoms with van der Waals surface area (Å²) >= 11 is 0. The first-order valence-corrected chi connectivity index (χ1v) is 12.8. The van der Waals surface area contributed by atoms with Crippen molar-refractivity contribution in [3.63, 3.8) is 0 Å². The molecule has 5 rings (SSSR count). The minimum atomic E-state index is -5.08. The first-order chi connectivity index (χ1) is 18.9. The van der Waals surface area contributed by atoms with Gasteiger partial charge in [0.1, 0.15) is 11.3 Å². The Morgan fingerprint density at radius 2 is 1.80 bits per heavy atom. The van der Waals surface area contributed by atoms with Crippen molar-refractivity contribution in [1.29, 1.82) is 0 Å². The van der Waals surface area contributed by atoms with E-state index in [1.807, 2.05) is 66.0 Å². The third-order valence-electron chi connectivity index (χ3n) is 7.85. The molecule has 0 saturated carbocycles. The average molecular weight is 565 g/mol. The van der Waals surface area contributed by atoms with Crippen LogP contribution in [-0.4, -0.2) is 75.1 Å². The largest absolute Gasteiger partial charge is 0.497 e. The average Bonchev–Trinajstić information content (AvgIpc) is 3.55. The van der Waals surface area contributed by atoms with Crippen molar-refractivity contribution < 1.29 is 42.2 Å². The number of nitrogens with one attached hydrogen (secondary N) is 1. The summed E-state index contributed by atoms with van der Waals surface area (Å²) in [6.07, 6.45) is -1.81. The summed E-state index contributed by atoms with van der Waals surface area (Å²) in [7, 11) is 3.57. The van der Waals surface area contributed by atoms with Crippen LogP contribution >= 0.6 is 0 Å². The number of nitrogens with zero attached hydrogens (tertiary/aromatic N) is 3. The number of imide groups is 1. The summed E-state index contributed by atoms with van der Waals surface area (Å²) in [4.78, 5) is 52.9. The molecule has 10 nitrogen and oxygen atoms in total. The third-order valence-corrected chi connectivity index (χ3v) is 7.85. The second-order valence-corrected chi connectivity index (χ2v) is 10.0. The molecule has 3 aliphatic rings. The summed E-state index contributed by atoms with van der Waals surface area (Å²) < 4.78 is 39.0. The molecular formula is C27H31F3N4O6. The molecule has 2 aromatic rings. The number of aryl methyl sites for hydroxylation is 1. The molecule has 1 spiro atoms. The highest BCUT2D eigenvalue weighted by Gasteiger charge is 2.68. The molecule has 4 atom stereocenters. The molecule has 3 fully saturated rings. The monoisotopic (exact) mass is 564 g/mol. The van der Waals surface area contributed by atoms with Gasteiger partial charge in [0.25, 0.3) is 0 Å². The minimum absolute atomic E-state index is 0.0833. The normalized spacial score (nSPS) is 26.1. The number of carboxylic acid groups (broad SMARTS) is 1. The molecule has 3 amide bonds. The number of carbonyl (C=O) groups excluding carboxylic acids is 3. The van der Waals surface area contributed by atoms with Crippen molar-refractivity contribution in [2.75, 3.05) is 20.2 Å². The van der Waals surface area contributed by atoms with Crippen LogP contribution in [0.1, 0.15) is 37.1 Å². The summed E-state index contributed by atoms with van der Waals surface area (Å²) in [5.74, 6) is -3.83. The predicted molar refractivity (Wildman–Crippen MR) is 135 cm³/mol. The lowest BCUT2D eigenvalue weighted by molar-refractivity contribution is -0.192. The fourth-order valence-electron chi connectivity index (χ4n) is 5.94. The van der Waals surface area contributed by atoms with Crippen LogP contribution < -0.4 is 10.1 Å². The Balaban J connectivity index is 0.000000470. The SMILES string of the molecule is CCN1C(=O)[C@H]2[C@@H](c3ccc(OC)cc3)N[C@]3(CCCN(Cc4cccn4C)C3=O)[C@H]2C1=O.O=C(O)C(F)(F)F. The van der Waals surface area contributed by atoms with Crippen molar-refractivity contribution in [3.05, 3.63) is 53.9 Å². The van der Waals surface area contributed by atoms with Crippen LogP contribution in [0.5, 0.6) is 5.75 Å². The second-order valence-electron chi connectivity index (χ2n) is 10.0. The lowest BCUT2D eigenvalue weighted by Crippen LogP contribution is -2.63. The van der Waals surface area contributed by atoms with Crippen LogP contribution in [-0.2, 0) is 32.8 Å². The Hall–Kier alpha value is -3.87. The number of hydrogen-bond acceptors (Lipinski definition) is 6. The van der Waals surface area contributed by atoms with E-state index in [1.54, 1.807) is 7.11 Å². The highest BCUT2D eigenvalue weighted by atomic mass is 19.4. The van der Waals surface area contributed by atoms with E-state index in [9.17, 15) is 27.6 Å². The molecule has 216 valence electrons. The van der Waals surface area contributed by atoms with Gasteiger partial charge >= 0.3 is 12.1 Å². The van der Waals surface area contributed by atoms with Gasteiger partial charge in [-0.2, -0.15) is 13.2 Å². The lowest BCUT2D eigenvalue weighted by atomic mass is 9.74. The number of amides is 3. The number of methoxy groups -OCH3 is 1. The Morgan fingerprint density at radius 3 is 2.33 bits per heavy atom.